The van der Waals surface area contributed by atoms with Crippen molar-refractivity contribution in [3.63, 3.8) is 0 Å². The normalized spacial score (nSPS) is 11.4. The Morgan fingerprint density at radius 2 is 2.13 bits per heavy atom. The largest absolute Gasteiger partial charge is 0.481 e. The van der Waals surface area contributed by atoms with Crippen LogP contribution in [0.1, 0.15) is 31.9 Å². The Bertz CT molecular complexity index is 362. The SMILES string of the molecule is CC#CCOc1ccccc1C(N)CC. The van der Waals surface area contributed by atoms with Crippen LogP contribution < -0.4 is 10.5 Å². The van der Waals surface area contributed by atoms with Gasteiger partial charge in [0, 0.05) is 11.6 Å². The minimum atomic E-state index is 0.0378. The second-order valence-corrected chi connectivity index (χ2v) is 3.27. The minimum Gasteiger partial charge on any atom is -0.481 e. The van der Waals surface area contributed by atoms with Crippen molar-refractivity contribution in [2.45, 2.75) is 26.3 Å². The number of rotatable bonds is 4. The first kappa shape index (κ1) is 11.6. The zero-order valence-corrected chi connectivity index (χ0v) is 9.29. The Kier molecular flexibility index (Phi) is 4.73. The Morgan fingerprint density at radius 1 is 1.40 bits per heavy atom. The molecule has 1 atom stereocenters. The van der Waals surface area contributed by atoms with Crippen LogP contribution in [0.2, 0.25) is 0 Å². The van der Waals surface area contributed by atoms with E-state index in [0.29, 0.717) is 6.61 Å². The monoisotopic (exact) mass is 203 g/mol. The van der Waals surface area contributed by atoms with Crippen molar-refractivity contribution in [3.05, 3.63) is 29.8 Å². The van der Waals surface area contributed by atoms with Gasteiger partial charge < -0.3 is 10.5 Å². The van der Waals surface area contributed by atoms with Gasteiger partial charge in [-0.25, -0.2) is 0 Å². The van der Waals surface area contributed by atoms with Gasteiger partial charge >= 0.3 is 0 Å². The molecule has 0 heterocycles. The van der Waals surface area contributed by atoms with E-state index in [4.69, 9.17) is 10.5 Å². The van der Waals surface area contributed by atoms with E-state index >= 15 is 0 Å². The highest BCUT2D eigenvalue weighted by Crippen LogP contribution is 2.24. The molecule has 0 aliphatic carbocycles. The van der Waals surface area contributed by atoms with E-state index in [1.54, 1.807) is 6.92 Å². The summed E-state index contributed by atoms with van der Waals surface area (Å²) in [6, 6.07) is 7.89. The molecule has 0 bridgehead atoms. The average Bonchev–Trinajstić information content (AvgIpc) is 2.29. The molecule has 0 radical (unpaired) electrons. The lowest BCUT2D eigenvalue weighted by atomic mass is 10.0. The van der Waals surface area contributed by atoms with Gasteiger partial charge in [-0.05, 0) is 19.4 Å². The highest BCUT2D eigenvalue weighted by molar-refractivity contribution is 5.35. The Morgan fingerprint density at radius 3 is 2.80 bits per heavy atom. The molecule has 0 aromatic heterocycles. The maximum absolute atomic E-state index is 5.98. The van der Waals surface area contributed by atoms with Gasteiger partial charge in [0.2, 0.25) is 0 Å². The smallest absolute Gasteiger partial charge is 0.149 e. The van der Waals surface area contributed by atoms with Crippen LogP contribution in [0.5, 0.6) is 5.75 Å². The molecule has 1 aromatic carbocycles. The molecule has 15 heavy (non-hydrogen) atoms. The van der Waals surface area contributed by atoms with Crippen LogP contribution >= 0.6 is 0 Å². The molecule has 1 aromatic rings. The molecule has 2 N–H and O–H groups in total. The molecule has 0 fully saturated rings. The van der Waals surface area contributed by atoms with Gasteiger partial charge in [-0.3, -0.25) is 0 Å². The molecule has 80 valence electrons. The zero-order valence-electron chi connectivity index (χ0n) is 9.29. The first-order chi connectivity index (χ1) is 7.29. The summed E-state index contributed by atoms with van der Waals surface area (Å²) < 4.78 is 5.55. The number of para-hydroxylation sites is 1. The predicted octanol–water partition coefficient (Wildman–Crippen LogP) is 2.50. The second-order valence-electron chi connectivity index (χ2n) is 3.27. The van der Waals surface area contributed by atoms with E-state index in [2.05, 4.69) is 18.8 Å². The summed E-state index contributed by atoms with van der Waals surface area (Å²) in [5, 5.41) is 0. The van der Waals surface area contributed by atoms with E-state index in [1.165, 1.54) is 0 Å². The molecule has 1 unspecified atom stereocenters. The van der Waals surface area contributed by atoms with Crippen molar-refractivity contribution in [1.82, 2.24) is 0 Å². The van der Waals surface area contributed by atoms with Gasteiger partial charge in [-0.15, -0.1) is 5.92 Å². The summed E-state index contributed by atoms with van der Waals surface area (Å²) in [4.78, 5) is 0. The highest BCUT2D eigenvalue weighted by atomic mass is 16.5. The summed E-state index contributed by atoms with van der Waals surface area (Å²) in [5.41, 5.74) is 7.04. The molecular weight excluding hydrogens is 186 g/mol. The van der Waals surface area contributed by atoms with Gasteiger partial charge in [-0.2, -0.15) is 0 Å². The standard InChI is InChI=1S/C13H17NO/c1-3-5-10-15-13-9-7-6-8-11(13)12(14)4-2/h6-9,12H,4,10,14H2,1-2H3. The maximum Gasteiger partial charge on any atom is 0.149 e. The van der Waals surface area contributed by atoms with Crippen LogP contribution in [0.25, 0.3) is 0 Å². The van der Waals surface area contributed by atoms with Crippen LogP contribution in [0.3, 0.4) is 0 Å². The molecule has 0 spiro atoms. The number of benzene rings is 1. The second kappa shape index (κ2) is 6.10. The topological polar surface area (TPSA) is 35.2 Å². The van der Waals surface area contributed by atoms with E-state index in [1.807, 2.05) is 24.3 Å². The predicted molar refractivity (Wildman–Crippen MR) is 62.6 cm³/mol. The van der Waals surface area contributed by atoms with Gasteiger partial charge in [0.25, 0.3) is 0 Å². The molecule has 0 saturated carbocycles. The van der Waals surface area contributed by atoms with Crippen LogP contribution in [-0.4, -0.2) is 6.61 Å². The van der Waals surface area contributed by atoms with Crippen molar-refractivity contribution in [2.75, 3.05) is 6.61 Å². The Hall–Kier alpha value is -1.46. The van der Waals surface area contributed by atoms with Gasteiger partial charge in [-0.1, -0.05) is 31.0 Å². The summed E-state index contributed by atoms with van der Waals surface area (Å²) in [6.07, 6.45) is 0.903. The van der Waals surface area contributed by atoms with E-state index in [0.717, 1.165) is 17.7 Å². The number of ether oxygens (including phenoxy) is 1. The third-order valence-electron chi connectivity index (χ3n) is 2.23. The molecular formula is C13H17NO. The summed E-state index contributed by atoms with van der Waals surface area (Å²) in [5.74, 6) is 6.50. The minimum absolute atomic E-state index is 0.0378. The fourth-order valence-electron chi connectivity index (χ4n) is 1.32. The lowest BCUT2D eigenvalue weighted by Gasteiger charge is -2.14. The lowest BCUT2D eigenvalue weighted by Crippen LogP contribution is -2.10. The first-order valence-electron chi connectivity index (χ1n) is 5.16. The van der Waals surface area contributed by atoms with Crippen LogP contribution in [0.4, 0.5) is 0 Å². The average molecular weight is 203 g/mol. The van der Waals surface area contributed by atoms with Crippen molar-refractivity contribution in [3.8, 4) is 17.6 Å². The first-order valence-corrected chi connectivity index (χ1v) is 5.16. The molecule has 2 heteroatoms. The quantitative estimate of drug-likeness (QED) is 0.763. The molecule has 1 rings (SSSR count). The Labute approximate surface area is 91.4 Å². The van der Waals surface area contributed by atoms with Crippen LogP contribution in [0.15, 0.2) is 24.3 Å². The molecule has 0 aliphatic heterocycles. The summed E-state index contributed by atoms with van der Waals surface area (Å²) >= 11 is 0. The number of nitrogens with two attached hydrogens (primary N) is 1. The Balaban J connectivity index is 2.79. The van der Waals surface area contributed by atoms with Gasteiger partial charge in [0.1, 0.15) is 12.4 Å². The van der Waals surface area contributed by atoms with Crippen LogP contribution in [0, 0.1) is 11.8 Å². The highest BCUT2D eigenvalue weighted by Gasteiger charge is 2.08. The zero-order chi connectivity index (χ0) is 11.1. The fourth-order valence-corrected chi connectivity index (χ4v) is 1.32. The molecule has 0 aliphatic rings. The van der Waals surface area contributed by atoms with Gasteiger partial charge in [0.15, 0.2) is 0 Å². The lowest BCUT2D eigenvalue weighted by molar-refractivity contribution is 0.362. The van der Waals surface area contributed by atoms with Crippen molar-refractivity contribution < 1.29 is 4.74 Å². The van der Waals surface area contributed by atoms with Crippen molar-refractivity contribution in [2.24, 2.45) is 5.73 Å². The molecule has 2 nitrogen and oxygen atoms in total. The van der Waals surface area contributed by atoms with E-state index < -0.39 is 0 Å². The summed E-state index contributed by atoms with van der Waals surface area (Å²) in [6.45, 7) is 4.28. The van der Waals surface area contributed by atoms with Crippen molar-refractivity contribution >= 4 is 0 Å². The number of hydrogen-bond acceptors (Lipinski definition) is 2. The van der Waals surface area contributed by atoms with E-state index in [9.17, 15) is 0 Å². The van der Waals surface area contributed by atoms with Crippen molar-refractivity contribution in [1.29, 1.82) is 0 Å². The molecule has 0 saturated heterocycles. The third-order valence-corrected chi connectivity index (χ3v) is 2.23. The van der Waals surface area contributed by atoms with E-state index in [-0.39, 0.29) is 6.04 Å². The van der Waals surface area contributed by atoms with Crippen LogP contribution in [-0.2, 0) is 0 Å². The summed E-state index contributed by atoms with van der Waals surface area (Å²) in [7, 11) is 0. The third kappa shape index (κ3) is 3.30. The van der Waals surface area contributed by atoms with Gasteiger partial charge in [0.05, 0.1) is 0 Å². The molecule has 0 amide bonds. The fraction of sp³-hybridized carbons (Fsp3) is 0.385. The maximum atomic E-state index is 5.98. The number of hydrogen-bond donors (Lipinski definition) is 1.